The summed E-state index contributed by atoms with van der Waals surface area (Å²) in [7, 11) is 1.52. The van der Waals surface area contributed by atoms with Crippen LogP contribution in [0.4, 0.5) is 5.69 Å². The number of carboxylic acids is 1. The van der Waals surface area contributed by atoms with Gasteiger partial charge in [-0.25, -0.2) is 9.48 Å². The highest BCUT2D eigenvalue weighted by atomic mass is 16.5. The second kappa shape index (κ2) is 8.99. The summed E-state index contributed by atoms with van der Waals surface area (Å²) in [6.07, 6.45) is 1.15. The Bertz CT molecular complexity index is 1320. The van der Waals surface area contributed by atoms with E-state index in [1.54, 1.807) is 11.6 Å². The fourth-order valence-corrected chi connectivity index (χ4v) is 3.62. The highest BCUT2D eigenvalue weighted by Crippen LogP contribution is 2.30. The molecular formula is C24H23N5O4. The Morgan fingerprint density at radius 3 is 2.48 bits per heavy atom. The lowest BCUT2D eigenvalue weighted by Crippen LogP contribution is -2.20. The van der Waals surface area contributed by atoms with Crippen LogP contribution >= 0.6 is 0 Å². The molecule has 2 aromatic heterocycles. The van der Waals surface area contributed by atoms with Gasteiger partial charge in [0.15, 0.2) is 6.73 Å². The van der Waals surface area contributed by atoms with E-state index in [4.69, 9.17) is 4.74 Å². The van der Waals surface area contributed by atoms with E-state index < -0.39 is 11.9 Å². The van der Waals surface area contributed by atoms with Crippen molar-refractivity contribution in [3.8, 4) is 16.9 Å². The summed E-state index contributed by atoms with van der Waals surface area (Å²) in [6, 6.07) is 17.7. The van der Waals surface area contributed by atoms with Crippen LogP contribution in [0.5, 0.6) is 5.75 Å². The molecule has 0 bridgehead atoms. The van der Waals surface area contributed by atoms with E-state index in [1.165, 1.54) is 11.7 Å². The number of hydrogen-bond donors (Lipinski definition) is 2. The van der Waals surface area contributed by atoms with Crippen LogP contribution in [-0.4, -0.2) is 36.5 Å². The van der Waals surface area contributed by atoms with Gasteiger partial charge in [-0.2, -0.15) is 10.2 Å². The van der Waals surface area contributed by atoms with Gasteiger partial charge in [0, 0.05) is 12.6 Å². The maximum atomic E-state index is 12.8. The maximum absolute atomic E-state index is 12.8. The summed E-state index contributed by atoms with van der Waals surface area (Å²) in [4.78, 5) is 24.2. The van der Waals surface area contributed by atoms with Crippen LogP contribution in [0.1, 0.15) is 32.2 Å². The minimum atomic E-state index is -1.22. The first-order valence-electron chi connectivity index (χ1n) is 10.2. The predicted octanol–water partition coefficient (Wildman–Crippen LogP) is 3.89. The number of aromatic nitrogens is 4. The van der Waals surface area contributed by atoms with Gasteiger partial charge in [0.05, 0.1) is 23.3 Å². The van der Waals surface area contributed by atoms with Gasteiger partial charge in [-0.3, -0.25) is 9.48 Å². The van der Waals surface area contributed by atoms with E-state index >= 15 is 0 Å². The van der Waals surface area contributed by atoms with Crippen molar-refractivity contribution in [3.63, 3.8) is 0 Å². The third-order valence-electron chi connectivity index (χ3n) is 5.32. The second-order valence-corrected chi connectivity index (χ2v) is 7.47. The Balaban J connectivity index is 1.55. The highest BCUT2D eigenvalue weighted by Gasteiger charge is 2.24. The average Bonchev–Trinajstić information content (AvgIpc) is 3.33. The Labute approximate surface area is 190 Å². The third kappa shape index (κ3) is 4.33. The fraction of sp³-hybridized carbons (Fsp3) is 0.167. The molecule has 2 N–H and O–H groups in total. The summed E-state index contributed by atoms with van der Waals surface area (Å²) in [5, 5.41) is 20.5. The first kappa shape index (κ1) is 21.8. The van der Waals surface area contributed by atoms with Crippen LogP contribution in [0.25, 0.3) is 11.1 Å². The van der Waals surface area contributed by atoms with Gasteiger partial charge in [-0.1, -0.05) is 48.5 Å². The van der Waals surface area contributed by atoms with E-state index in [0.29, 0.717) is 22.8 Å². The molecule has 0 radical (unpaired) electrons. The van der Waals surface area contributed by atoms with E-state index in [9.17, 15) is 14.7 Å². The van der Waals surface area contributed by atoms with Crippen molar-refractivity contribution in [1.82, 2.24) is 19.6 Å². The largest absolute Gasteiger partial charge is 0.478 e. The normalized spacial score (nSPS) is 10.8. The van der Waals surface area contributed by atoms with Gasteiger partial charge >= 0.3 is 5.97 Å². The number of aromatic carboxylic acids is 1. The van der Waals surface area contributed by atoms with Crippen LogP contribution in [0.2, 0.25) is 0 Å². The smallest absolute Gasteiger partial charge is 0.339 e. The quantitative estimate of drug-likeness (QED) is 0.446. The molecule has 168 valence electrons. The summed E-state index contributed by atoms with van der Waals surface area (Å²) in [5.41, 5.74) is 3.56. The van der Waals surface area contributed by atoms with Crippen molar-refractivity contribution in [1.29, 1.82) is 0 Å². The lowest BCUT2D eigenvalue weighted by Gasteiger charge is -2.13. The van der Waals surface area contributed by atoms with Crippen molar-refractivity contribution < 1.29 is 19.4 Å². The van der Waals surface area contributed by atoms with E-state index in [-0.39, 0.29) is 18.0 Å². The van der Waals surface area contributed by atoms with Crippen molar-refractivity contribution >= 4 is 17.6 Å². The van der Waals surface area contributed by atoms with Crippen LogP contribution < -0.4 is 10.1 Å². The topological polar surface area (TPSA) is 111 Å². The Hall–Kier alpha value is -4.40. The van der Waals surface area contributed by atoms with E-state index in [1.807, 2.05) is 61.5 Å². The number of para-hydroxylation sites is 1. The molecule has 0 atom stereocenters. The molecule has 0 saturated carbocycles. The van der Waals surface area contributed by atoms with Gasteiger partial charge in [-0.15, -0.1) is 0 Å². The summed E-state index contributed by atoms with van der Waals surface area (Å²) in [6.45, 7) is 3.71. The SMILES string of the molecule is Cc1nn(COc2ccccc2-c2ccccc2)c(C)c1NC(=O)c1c(C(=O)O)cnn1C. The van der Waals surface area contributed by atoms with Gasteiger partial charge in [0.1, 0.15) is 17.0 Å². The number of amides is 1. The third-order valence-corrected chi connectivity index (χ3v) is 5.32. The highest BCUT2D eigenvalue weighted by molar-refractivity contribution is 6.09. The van der Waals surface area contributed by atoms with Crippen molar-refractivity contribution in [2.24, 2.45) is 7.05 Å². The molecule has 0 fully saturated rings. The molecule has 4 aromatic rings. The maximum Gasteiger partial charge on any atom is 0.339 e. The van der Waals surface area contributed by atoms with Gasteiger partial charge < -0.3 is 15.2 Å². The molecule has 33 heavy (non-hydrogen) atoms. The molecule has 0 spiro atoms. The first-order valence-corrected chi connectivity index (χ1v) is 10.2. The summed E-state index contributed by atoms with van der Waals surface area (Å²) in [5.74, 6) is -1.08. The van der Waals surface area contributed by atoms with Crippen LogP contribution in [0.15, 0.2) is 60.8 Å². The molecule has 0 aliphatic carbocycles. The summed E-state index contributed by atoms with van der Waals surface area (Å²) < 4.78 is 8.95. The van der Waals surface area contributed by atoms with E-state index in [2.05, 4.69) is 15.5 Å². The molecular weight excluding hydrogens is 422 g/mol. The minimum Gasteiger partial charge on any atom is -0.478 e. The van der Waals surface area contributed by atoms with Crippen LogP contribution in [-0.2, 0) is 13.8 Å². The number of nitrogens with one attached hydrogen (secondary N) is 1. The number of hydrogen-bond acceptors (Lipinski definition) is 5. The standard InChI is InChI=1S/C24H23N5O4/c1-15-21(26-23(30)22-19(24(31)32)13-25-28(22)3)16(2)29(27-15)14-33-20-12-8-7-11-18(20)17-9-5-4-6-10-17/h4-13H,14H2,1-3H3,(H,26,30)(H,31,32). The molecule has 0 aliphatic heterocycles. The van der Waals surface area contributed by atoms with Gasteiger partial charge in [0.25, 0.3) is 5.91 Å². The molecule has 1 amide bonds. The molecule has 2 heterocycles. The number of nitrogens with zero attached hydrogens (tertiary/aromatic N) is 4. The fourth-order valence-electron chi connectivity index (χ4n) is 3.62. The van der Waals surface area contributed by atoms with Crippen LogP contribution in [0.3, 0.4) is 0 Å². The molecule has 9 heteroatoms. The zero-order valence-corrected chi connectivity index (χ0v) is 18.4. The van der Waals surface area contributed by atoms with E-state index in [0.717, 1.165) is 17.3 Å². The van der Waals surface area contributed by atoms with Crippen molar-refractivity contribution in [2.75, 3.05) is 5.32 Å². The molecule has 0 saturated heterocycles. The Kier molecular flexibility index (Phi) is 5.95. The van der Waals surface area contributed by atoms with Crippen molar-refractivity contribution in [3.05, 3.63) is 83.4 Å². The molecule has 0 aliphatic rings. The number of anilines is 1. The van der Waals surface area contributed by atoms with Gasteiger partial charge in [0.2, 0.25) is 0 Å². The molecule has 2 aromatic carbocycles. The first-order chi connectivity index (χ1) is 15.9. The molecule has 0 unspecified atom stereocenters. The predicted molar refractivity (Wildman–Crippen MR) is 122 cm³/mol. The molecule has 4 rings (SSSR count). The van der Waals surface area contributed by atoms with Crippen molar-refractivity contribution in [2.45, 2.75) is 20.6 Å². The summed E-state index contributed by atoms with van der Waals surface area (Å²) >= 11 is 0. The number of carboxylic acid groups (broad SMARTS) is 1. The number of aryl methyl sites for hydroxylation is 2. The Morgan fingerprint density at radius 1 is 1.06 bits per heavy atom. The second-order valence-electron chi connectivity index (χ2n) is 7.47. The minimum absolute atomic E-state index is 0.0397. The number of carbonyl (C=O) groups is 2. The van der Waals surface area contributed by atoms with Crippen LogP contribution in [0, 0.1) is 13.8 Å². The number of ether oxygens (including phenoxy) is 1. The lowest BCUT2D eigenvalue weighted by molar-refractivity contribution is 0.0692. The lowest BCUT2D eigenvalue weighted by atomic mass is 10.1. The monoisotopic (exact) mass is 445 g/mol. The zero-order valence-electron chi connectivity index (χ0n) is 18.4. The van der Waals surface area contributed by atoms with Gasteiger partial charge in [-0.05, 0) is 25.5 Å². The molecule has 9 nitrogen and oxygen atoms in total. The number of carbonyl (C=O) groups excluding carboxylic acids is 1. The average molecular weight is 445 g/mol. The Morgan fingerprint density at radius 2 is 1.76 bits per heavy atom. The number of rotatable bonds is 7. The zero-order chi connectivity index (χ0) is 23.5. The number of benzene rings is 2.